The van der Waals surface area contributed by atoms with E-state index in [0.717, 1.165) is 11.1 Å². The minimum absolute atomic E-state index is 0.0489. The number of rotatable bonds is 11. The third-order valence-electron chi connectivity index (χ3n) is 4.62. The van der Waals surface area contributed by atoms with Crippen LogP contribution in [0.5, 0.6) is 17.2 Å². The van der Waals surface area contributed by atoms with E-state index in [0.29, 0.717) is 17.2 Å². The summed E-state index contributed by atoms with van der Waals surface area (Å²) in [4.78, 5) is 10.2. The van der Waals surface area contributed by atoms with Gasteiger partial charge in [-0.2, -0.15) is 0 Å². The molecule has 8 heteroatoms. The first kappa shape index (κ1) is 23.2. The molecule has 160 valence electrons. The Kier molecular flexibility index (Phi) is 8.53. The van der Waals surface area contributed by atoms with Crippen LogP contribution in [0.2, 0.25) is 0 Å². The maximum absolute atomic E-state index is 12.5. The summed E-state index contributed by atoms with van der Waals surface area (Å²) in [5.41, 5.74) is 1.66. The summed E-state index contributed by atoms with van der Waals surface area (Å²) in [5, 5.41) is 13.5. The van der Waals surface area contributed by atoms with E-state index in [1.54, 1.807) is 33.5 Å². The van der Waals surface area contributed by atoms with Crippen LogP contribution in [0.25, 0.3) is 0 Å². The molecule has 0 fully saturated rings. The second-order valence-electron chi connectivity index (χ2n) is 6.92. The van der Waals surface area contributed by atoms with Crippen molar-refractivity contribution >= 4 is 7.37 Å². The van der Waals surface area contributed by atoms with Gasteiger partial charge in [0, 0.05) is 18.7 Å². The van der Waals surface area contributed by atoms with Gasteiger partial charge in [-0.05, 0) is 30.2 Å². The fourth-order valence-electron chi connectivity index (χ4n) is 3.11. The third kappa shape index (κ3) is 6.75. The average molecular weight is 423 g/mol. The van der Waals surface area contributed by atoms with E-state index in [1.807, 2.05) is 37.3 Å². The summed E-state index contributed by atoms with van der Waals surface area (Å²) in [6, 6.07) is 12.6. The molecule has 0 aliphatic heterocycles. The molecule has 0 spiro atoms. The lowest BCUT2D eigenvalue weighted by Gasteiger charge is -2.21. The van der Waals surface area contributed by atoms with Gasteiger partial charge in [0.15, 0.2) is 11.5 Å². The quantitative estimate of drug-likeness (QED) is 0.478. The van der Waals surface area contributed by atoms with E-state index in [4.69, 9.17) is 14.2 Å². The molecule has 2 aromatic rings. The Bertz CT molecular complexity index is 804. The van der Waals surface area contributed by atoms with Gasteiger partial charge in [-0.3, -0.25) is 4.57 Å². The topological polar surface area (TPSA) is 97.2 Å². The molecule has 0 aromatic heterocycles. The van der Waals surface area contributed by atoms with Crippen molar-refractivity contribution in [3.63, 3.8) is 0 Å². The monoisotopic (exact) mass is 423 g/mol. The molecule has 7 nitrogen and oxygen atoms in total. The van der Waals surface area contributed by atoms with E-state index in [-0.39, 0.29) is 24.9 Å². The van der Waals surface area contributed by atoms with E-state index in [1.165, 1.54) is 0 Å². The van der Waals surface area contributed by atoms with Gasteiger partial charge in [-0.15, -0.1) is 0 Å². The van der Waals surface area contributed by atoms with Crippen LogP contribution in [0.1, 0.15) is 24.1 Å². The Morgan fingerprint density at radius 3 is 2.14 bits per heavy atom. The summed E-state index contributed by atoms with van der Waals surface area (Å²) in [5.74, 6) is 1.59. The van der Waals surface area contributed by atoms with Crippen molar-refractivity contribution in [3.05, 3.63) is 53.6 Å². The highest BCUT2D eigenvalue weighted by Crippen LogP contribution is 2.45. The number of hydrogen-bond acceptors (Lipinski definition) is 6. The molecule has 2 aromatic carbocycles. The summed E-state index contributed by atoms with van der Waals surface area (Å²) >= 11 is 0. The van der Waals surface area contributed by atoms with Crippen LogP contribution < -0.4 is 19.5 Å². The molecular formula is C21H30NO6P. The highest BCUT2D eigenvalue weighted by molar-refractivity contribution is 7.57. The molecule has 0 saturated carbocycles. The number of aliphatic hydroxyl groups is 1. The van der Waals surface area contributed by atoms with E-state index in [9.17, 15) is 14.6 Å². The number of hydrogen-bond donors (Lipinski definition) is 3. The number of aliphatic hydroxyl groups excluding tert-OH is 1. The molecule has 0 amide bonds. The van der Waals surface area contributed by atoms with Gasteiger partial charge in [0.05, 0.1) is 33.6 Å². The van der Waals surface area contributed by atoms with Gasteiger partial charge in [0.2, 0.25) is 13.1 Å². The lowest BCUT2D eigenvalue weighted by Crippen LogP contribution is -2.31. The number of nitrogens with one attached hydrogen (secondary N) is 1. The van der Waals surface area contributed by atoms with Crippen LogP contribution in [0.4, 0.5) is 0 Å². The standard InChI is InChI=1S/C21H30NO6P/c1-15(17-10-19(26-2)21(28-4)20(11-17)27-3)22-12-18(23)14-29(24,25)13-16-8-6-5-7-9-16/h5-11,15,18,22-23H,12-14H2,1-4H3,(H,24,25)/t15-,18+/m0/s1. The predicted octanol–water partition coefficient (Wildman–Crippen LogP) is 3.19. The Morgan fingerprint density at radius 1 is 1.03 bits per heavy atom. The zero-order chi connectivity index (χ0) is 21.4. The molecule has 29 heavy (non-hydrogen) atoms. The Labute approximate surface area is 172 Å². The van der Waals surface area contributed by atoms with Crippen molar-refractivity contribution in [1.82, 2.24) is 5.32 Å². The molecule has 0 heterocycles. The second-order valence-corrected chi connectivity index (χ2v) is 9.29. The summed E-state index contributed by atoms with van der Waals surface area (Å²) in [6.07, 6.45) is -1.07. The van der Waals surface area contributed by atoms with Crippen LogP contribution >= 0.6 is 7.37 Å². The first-order valence-corrected chi connectivity index (χ1v) is 11.4. The van der Waals surface area contributed by atoms with Crippen molar-refractivity contribution in [2.45, 2.75) is 25.2 Å². The van der Waals surface area contributed by atoms with Crippen molar-refractivity contribution in [2.24, 2.45) is 0 Å². The molecule has 1 unspecified atom stereocenters. The molecule has 0 aliphatic rings. The average Bonchev–Trinajstić information content (AvgIpc) is 2.70. The molecule has 0 bridgehead atoms. The van der Waals surface area contributed by atoms with Crippen LogP contribution in [0.15, 0.2) is 42.5 Å². The number of ether oxygens (including phenoxy) is 3. The zero-order valence-corrected chi connectivity index (χ0v) is 18.2. The second kappa shape index (κ2) is 10.6. The predicted molar refractivity (Wildman–Crippen MR) is 113 cm³/mol. The highest BCUT2D eigenvalue weighted by atomic mass is 31.2. The normalized spacial score (nSPS) is 15.2. The Morgan fingerprint density at radius 2 is 1.62 bits per heavy atom. The fraction of sp³-hybridized carbons (Fsp3) is 0.429. The zero-order valence-electron chi connectivity index (χ0n) is 17.3. The Balaban J connectivity index is 1.97. The minimum atomic E-state index is -3.49. The maximum Gasteiger partial charge on any atom is 0.207 e. The van der Waals surface area contributed by atoms with Crippen molar-refractivity contribution in [3.8, 4) is 17.2 Å². The molecular weight excluding hydrogens is 393 g/mol. The molecule has 3 atom stereocenters. The first-order chi connectivity index (χ1) is 13.8. The highest BCUT2D eigenvalue weighted by Gasteiger charge is 2.24. The lowest BCUT2D eigenvalue weighted by atomic mass is 10.1. The Hall–Kier alpha value is -2.05. The largest absolute Gasteiger partial charge is 0.493 e. The van der Waals surface area contributed by atoms with E-state index >= 15 is 0 Å². The van der Waals surface area contributed by atoms with E-state index in [2.05, 4.69) is 5.32 Å². The fourth-order valence-corrected chi connectivity index (χ4v) is 4.81. The molecule has 3 N–H and O–H groups in total. The van der Waals surface area contributed by atoms with Crippen molar-refractivity contribution < 1.29 is 28.8 Å². The summed E-state index contributed by atoms with van der Waals surface area (Å²) < 4.78 is 28.5. The molecule has 0 saturated heterocycles. The van der Waals surface area contributed by atoms with Gasteiger partial charge in [0.1, 0.15) is 0 Å². The van der Waals surface area contributed by atoms with E-state index < -0.39 is 13.5 Å². The van der Waals surface area contributed by atoms with Gasteiger partial charge in [0.25, 0.3) is 0 Å². The summed E-state index contributed by atoms with van der Waals surface area (Å²) in [7, 11) is 1.16. The van der Waals surface area contributed by atoms with Gasteiger partial charge in [-0.1, -0.05) is 30.3 Å². The minimum Gasteiger partial charge on any atom is -0.493 e. The smallest absolute Gasteiger partial charge is 0.207 e. The molecule has 2 rings (SSSR count). The SMILES string of the molecule is COc1cc([C@H](C)NC[C@@H](O)CP(=O)(O)Cc2ccccc2)cc(OC)c1OC. The number of methoxy groups -OCH3 is 3. The van der Waals surface area contributed by atoms with Gasteiger partial charge >= 0.3 is 0 Å². The van der Waals surface area contributed by atoms with Crippen LogP contribution in [0, 0.1) is 0 Å². The van der Waals surface area contributed by atoms with Crippen LogP contribution in [0.3, 0.4) is 0 Å². The molecule has 0 aliphatic carbocycles. The first-order valence-electron chi connectivity index (χ1n) is 9.35. The van der Waals surface area contributed by atoms with Gasteiger partial charge in [-0.25, -0.2) is 0 Å². The molecule has 0 radical (unpaired) electrons. The van der Waals surface area contributed by atoms with Crippen molar-refractivity contribution in [2.75, 3.05) is 34.0 Å². The van der Waals surface area contributed by atoms with Gasteiger partial charge < -0.3 is 29.5 Å². The van der Waals surface area contributed by atoms with Crippen LogP contribution in [-0.2, 0) is 10.7 Å². The maximum atomic E-state index is 12.5. The lowest BCUT2D eigenvalue weighted by molar-refractivity contribution is 0.186. The van der Waals surface area contributed by atoms with Crippen LogP contribution in [-0.4, -0.2) is 50.1 Å². The summed E-state index contributed by atoms with van der Waals surface area (Å²) in [6.45, 7) is 2.10. The van der Waals surface area contributed by atoms with Crippen molar-refractivity contribution in [1.29, 1.82) is 0 Å². The number of benzene rings is 2. The third-order valence-corrected chi connectivity index (χ3v) is 6.47.